The molecule has 1 atom stereocenters. The Balaban J connectivity index is 1.45. The number of amides is 2. The molecule has 2 aromatic rings. The van der Waals surface area contributed by atoms with E-state index in [1.807, 2.05) is 54.6 Å². The van der Waals surface area contributed by atoms with Crippen molar-refractivity contribution in [3.63, 3.8) is 0 Å². The van der Waals surface area contributed by atoms with Crippen LogP contribution in [0.5, 0.6) is 0 Å². The predicted octanol–water partition coefficient (Wildman–Crippen LogP) is 2.14. The Kier molecular flexibility index (Phi) is 10.3. The Morgan fingerprint density at radius 3 is 2.38 bits per heavy atom. The van der Waals surface area contributed by atoms with E-state index in [-0.39, 0.29) is 23.8 Å². The summed E-state index contributed by atoms with van der Waals surface area (Å²) in [6.07, 6.45) is 4.20. The van der Waals surface area contributed by atoms with Gasteiger partial charge in [0.05, 0.1) is 30.7 Å². The van der Waals surface area contributed by atoms with Crippen LogP contribution >= 0.6 is 0 Å². The fourth-order valence-corrected chi connectivity index (χ4v) is 6.81. The molecule has 2 aromatic carbocycles. The molecule has 2 aliphatic rings. The fourth-order valence-electron chi connectivity index (χ4n) is 5.82. The Morgan fingerprint density at radius 2 is 1.71 bits per heavy atom. The van der Waals surface area contributed by atoms with Gasteiger partial charge in [0.2, 0.25) is 21.8 Å². The van der Waals surface area contributed by atoms with Crippen molar-refractivity contribution in [2.45, 2.75) is 63.1 Å². The van der Waals surface area contributed by atoms with Crippen LogP contribution in [0.25, 0.3) is 0 Å². The first-order valence-corrected chi connectivity index (χ1v) is 16.6. The zero-order valence-electron chi connectivity index (χ0n) is 25.0. The van der Waals surface area contributed by atoms with Gasteiger partial charge in [-0.25, -0.2) is 8.42 Å². The third kappa shape index (κ3) is 7.50. The first-order chi connectivity index (χ1) is 20.0. The number of unbranched alkanes of at least 4 members (excludes halogenated alkanes) is 1. The number of carbonyl (C=O) groups excluding carboxylic acids is 2. The number of nitrogens with zero attached hydrogens (tertiary/aromatic N) is 2. The van der Waals surface area contributed by atoms with Gasteiger partial charge >= 0.3 is 0 Å². The van der Waals surface area contributed by atoms with E-state index in [4.69, 9.17) is 10.5 Å². The predicted molar refractivity (Wildman–Crippen MR) is 165 cm³/mol. The molecule has 4 N–H and O–H groups in total. The van der Waals surface area contributed by atoms with Crippen LogP contribution in [0.4, 0.5) is 5.69 Å². The molecule has 10 nitrogen and oxygen atoms in total. The van der Waals surface area contributed by atoms with Gasteiger partial charge < -0.3 is 26.0 Å². The molecule has 1 spiro atoms. The number of piperidine rings is 1. The van der Waals surface area contributed by atoms with E-state index in [1.54, 1.807) is 18.7 Å². The van der Waals surface area contributed by atoms with E-state index in [9.17, 15) is 18.0 Å². The molecule has 0 bridgehead atoms. The minimum absolute atomic E-state index is 0.0368. The van der Waals surface area contributed by atoms with Crippen molar-refractivity contribution in [1.82, 2.24) is 15.5 Å². The second-order valence-electron chi connectivity index (χ2n) is 12.0. The van der Waals surface area contributed by atoms with E-state index in [0.29, 0.717) is 52.2 Å². The molecule has 42 heavy (non-hydrogen) atoms. The number of nitrogens with two attached hydrogens (primary N) is 1. The molecule has 230 valence electrons. The minimum Gasteiger partial charge on any atom is -0.374 e. The number of benzene rings is 2. The van der Waals surface area contributed by atoms with Gasteiger partial charge in [-0.1, -0.05) is 48.5 Å². The lowest BCUT2D eigenvalue weighted by molar-refractivity contribution is -0.141. The van der Waals surface area contributed by atoms with E-state index in [2.05, 4.69) is 10.6 Å². The topological polar surface area (TPSA) is 134 Å². The number of ether oxygens (including phenoxy) is 1. The van der Waals surface area contributed by atoms with Crippen molar-refractivity contribution in [1.29, 1.82) is 0 Å². The van der Waals surface area contributed by atoms with Gasteiger partial charge in [0, 0.05) is 25.0 Å². The zero-order valence-corrected chi connectivity index (χ0v) is 25.8. The smallest absolute Gasteiger partial charge is 0.247 e. The maximum absolute atomic E-state index is 13.9. The zero-order chi connectivity index (χ0) is 30.4. The third-order valence-corrected chi connectivity index (χ3v) is 9.51. The number of nitrogens with one attached hydrogen (secondary N) is 2. The largest absolute Gasteiger partial charge is 0.374 e. The number of rotatable bonds is 13. The van der Waals surface area contributed by atoms with Crippen LogP contribution in [-0.4, -0.2) is 82.3 Å². The maximum Gasteiger partial charge on any atom is 0.247 e. The van der Waals surface area contributed by atoms with E-state index in [1.165, 1.54) is 10.6 Å². The van der Waals surface area contributed by atoms with Crippen LogP contribution in [0.1, 0.15) is 50.7 Å². The van der Waals surface area contributed by atoms with Gasteiger partial charge in [-0.15, -0.1) is 0 Å². The second-order valence-corrected chi connectivity index (χ2v) is 13.9. The highest BCUT2D eigenvalue weighted by atomic mass is 32.2. The number of sulfonamides is 1. The third-order valence-electron chi connectivity index (χ3n) is 8.39. The van der Waals surface area contributed by atoms with Crippen molar-refractivity contribution >= 4 is 27.5 Å². The van der Waals surface area contributed by atoms with Gasteiger partial charge in [-0.2, -0.15) is 0 Å². The number of hydrogen-bond acceptors (Lipinski definition) is 7. The standard InChI is InChI=1S/C31H45N5O5S/c1-30(2,33-18-10-9-17-32)29(38)34-26(22-41-21-24-11-5-4-6-12-24)28(37)35-19-15-31(16-20-35)23-36(42(3,39)40)27-14-8-7-13-25(27)31/h4-8,11-14,26,33H,9-10,15-23,32H2,1-3H3,(H,34,38). The number of fused-ring (bicyclic) bond motifs is 2. The van der Waals surface area contributed by atoms with Crippen LogP contribution in [0, 0.1) is 0 Å². The molecule has 1 saturated heterocycles. The number of hydrogen-bond donors (Lipinski definition) is 3. The average molecular weight is 600 g/mol. The molecular formula is C31H45N5O5S. The summed E-state index contributed by atoms with van der Waals surface area (Å²) in [4.78, 5) is 29.0. The lowest BCUT2D eigenvalue weighted by Gasteiger charge is -2.41. The summed E-state index contributed by atoms with van der Waals surface area (Å²) in [7, 11) is -3.43. The Labute approximate surface area is 250 Å². The van der Waals surface area contributed by atoms with Gasteiger partial charge in [-0.3, -0.25) is 13.9 Å². The Morgan fingerprint density at radius 1 is 1.05 bits per heavy atom. The summed E-state index contributed by atoms with van der Waals surface area (Å²) in [5.41, 5.74) is 7.07. The first kappa shape index (κ1) is 31.9. The lowest BCUT2D eigenvalue weighted by atomic mass is 9.74. The maximum atomic E-state index is 13.9. The quantitative estimate of drug-likeness (QED) is 0.301. The van der Waals surface area contributed by atoms with Crippen LogP contribution in [0.2, 0.25) is 0 Å². The highest BCUT2D eigenvalue weighted by Crippen LogP contribution is 2.47. The van der Waals surface area contributed by atoms with E-state index < -0.39 is 21.6 Å². The van der Waals surface area contributed by atoms with Gasteiger partial charge in [0.1, 0.15) is 6.04 Å². The molecule has 1 fully saturated rings. The van der Waals surface area contributed by atoms with E-state index >= 15 is 0 Å². The summed E-state index contributed by atoms with van der Waals surface area (Å²) in [6.45, 7) is 6.47. The summed E-state index contributed by atoms with van der Waals surface area (Å²) in [5, 5.41) is 6.23. The molecule has 2 amide bonds. The summed E-state index contributed by atoms with van der Waals surface area (Å²) in [5.74, 6) is -0.477. The number of carbonyl (C=O) groups is 2. The summed E-state index contributed by atoms with van der Waals surface area (Å²) in [6, 6.07) is 16.5. The normalized spacial score (nSPS) is 17.2. The molecule has 4 rings (SSSR count). The van der Waals surface area contributed by atoms with E-state index in [0.717, 1.165) is 29.7 Å². The molecule has 2 aliphatic heterocycles. The molecular weight excluding hydrogens is 554 g/mol. The Bertz CT molecular complexity index is 1330. The molecule has 0 saturated carbocycles. The summed E-state index contributed by atoms with van der Waals surface area (Å²) >= 11 is 0. The van der Waals surface area contributed by atoms with Gasteiger partial charge in [0.15, 0.2) is 0 Å². The molecule has 0 aliphatic carbocycles. The Hall–Kier alpha value is -2.99. The van der Waals surface area contributed by atoms with Crippen LogP contribution in [0.15, 0.2) is 54.6 Å². The number of likely N-dealkylation sites (tertiary alicyclic amines) is 1. The van der Waals surface area contributed by atoms with Crippen LogP contribution < -0.4 is 20.7 Å². The van der Waals surface area contributed by atoms with Crippen molar-refractivity contribution in [2.75, 3.05) is 49.9 Å². The highest BCUT2D eigenvalue weighted by molar-refractivity contribution is 7.92. The molecule has 1 unspecified atom stereocenters. The van der Waals surface area contributed by atoms with Crippen LogP contribution in [0.3, 0.4) is 0 Å². The monoisotopic (exact) mass is 599 g/mol. The second kappa shape index (κ2) is 13.5. The minimum atomic E-state index is -3.43. The number of para-hydroxylation sites is 1. The average Bonchev–Trinajstić information content (AvgIpc) is 3.30. The molecule has 0 radical (unpaired) electrons. The highest BCUT2D eigenvalue weighted by Gasteiger charge is 2.48. The summed E-state index contributed by atoms with van der Waals surface area (Å²) < 4.78 is 32.6. The van der Waals surface area contributed by atoms with Gasteiger partial charge in [-0.05, 0) is 69.8 Å². The SMILES string of the molecule is CC(C)(NCCCCN)C(=O)NC(COCc1ccccc1)C(=O)N1CCC2(CC1)CN(S(C)(=O)=O)c1ccccc12. The molecule has 11 heteroatoms. The van der Waals surface area contributed by atoms with Crippen molar-refractivity contribution < 1.29 is 22.7 Å². The number of anilines is 1. The fraction of sp³-hybridized carbons (Fsp3) is 0.548. The lowest BCUT2D eigenvalue weighted by Crippen LogP contribution is -2.60. The van der Waals surface area contributed by atoms with Crippen molar-refractivity contribution in [2.24, 2.45) is 5.73 Å². The van der Waals surface area contributed by atoms with Gasteiger partial charge in [0.25, 0.3) is 0 Å². The van der Waals surface area contributed by atoms with Crippen molar-refractivity contribution in [3.8, 4) is 0 Å². The molecule has 2 heterocycles. The van der Waals surface area contributed by atoms with Crippen LogP contribution in [-0.2, 0) is 36.4 Å². The first-order valence-electron chi connectivity index (χ1n) is 14.7. The molecule has 0 aromatic heterocycles. The van der Waals surface area contributed by atoms with Crippen molar-refractivity contribution in [3.05, 3.63) is 65.7 Å².